The Bertz CT molecular complexity index is 958. The maximum Gasteiger partial charge on any atom is 0.490 e. The van der Waals surface area contributed by atoms with Gasteiger partial charge in [-0.05, 0) is 22.9 Å². The number of hydrogen-bond donors (Lipinski definition) is 5. The summed E-state index contributed by atoms with van der Waals surface area (Å²) in [5.74, 6) is -6.97. The maximum atomic E-state index is 12.5. The zero-order chi connectivity index (χ0) is 29.2. The number of carbonyl (C=O) groups is 3. The second-order valence-corrected chi connectivity index (χ2v) is 7.65. The fourth-order valence-electron chi connectivity index (χ4n) is 3.65. The van der Waals surface area contributed by atoms with E-state index >= 15 is 0 Å². The van der Waals surface area contributed by atoms with Crippen molar-refractivity contribution < 1.29 is 50.9 Å². The Kier molecular flexibility index (Phi) is 12.2. The average molecular weight is 569 g/mol. The van der Waals surface area contributed by atoms with Crippen molar-refractivity contribution in [1.29, 1.82) is 0 Å². The summed E-state index contributed by atoms with van der Waals surface area (Å²) < 4.78 is 63.5. The lowest BCUT2D eigenvalue weighted by molar-refractivity contribution is -0.193. The number of aliphatic imine (C=N–C) groups is 1. The highest BCUT2D eigenvalue weighted by molar-refractivity contribution is 6.22. The van der Waals surface area contributed by atoms with E-state index in [1.54, 1.807) is 0 Å². The van der Waals surface area contributed by atoms with Gasteiger partial charge in [0.25, 0.3) is 0 Å². The van der Waals surface area contributed by atoms with Gasteiger partial charge in [-0.15, -0.1) is 11.6 Å². The Balaban J connectivity index is 0.000000761. The van der Waals surface area contributed by atoms with Crippen LogP contribution in [0.2, 0.25) is 0 Å². The van der Waals surface area contributed by atoms with E-state index in [-0.39, 0.29) is 43.8 Å². The largest absolute Gasteiger partial charge is 0.490 e. The zero-order valence-corrected chi connectivity index (χ0v) is 18.9. The summed E-state index contributed by atoms with van der Waals surface area (Å²) in [6.45, 7) is 0.153. The molecule has 1 saturated carbocycles. The lowest BCUT2D eigenvalue weighted by Gasteiger charge is -2.34. The van der Waals surface area contributed by atoms with Crippen molar-refractivity contribution in [2.24, 2.45) is 44.4 Å². The minimum absolute atomic E-state index is 0.0467. The maximum absolute atomic E-state index is 12.5. The van der Waals surface area contributed by atoms with Gasteiger partial charge >= 0.3 is 24.3 Å². The molecule has 2 aliphatic rings. The Labute approximate surface area is 207 Å². The molecule has 0 bridgehead atoms. The summed E-state index contributed by atoms with van der Waals surface area (Å²) in [7, 11) is 0. The molecule has 22 heteroatoms. The predicted octanol–water partition coefficient (Wildman–Crippen LogP) is 1.53. The molecule has 1 fully saturated rings. The molecule has 0 unspecified atom stereocenters. The van der Waals surface area contributed by atoms with E-state index in [0.717, 1.165) is 0 Å². The minimum atomic E-state index is -5.08. The third-order valence-corrected chi connectivity index (χ3v) is 5.73. The second-order valence-electron chi connectivity index (χ2n) is 7.18. The van der Waals surface area contributed by atoms with Crippen molar-refractivity contribution in [2.75, 3.05) is 26.2 Å². The summed E-state index contributed by atoms with van der Waals surface area (Å²) >= 11 is 6.61. The van der Waals surface area contributed by atoms with E-state index in [9.17, 15) is 31.1 Å². The van der Waals surface area contributed by atoms with Crippen LogP contribution in [-0.2, 0) is 14.4 Å². The van der Waals surface area contributed by atoms with Gasteiger partial charge in [-0.2, -0.15) is 26.3 Å². The third kappa shape index (κ3) is 9.05. The predicted molar refractivity (Wildman–Crippen MR) is 112 cm³/mol. The number of carboxylic acids is 2. The van der Waals surface area contributed by atoms with E-state index in [1.165, 1.54) is 0 Å². The fourth-order valence-corrected chi connectivity index (χ4v) is 4.17. The molecule has 0 aromatic rings. The number of hydrogen-bond acceptors (Lipinski definition) is 9. The van der Waals surface area contributed by atoms with Crippen LogP contribution in [0.15, 0.2) is 15.2 Å². The summed E-state index contributed by atoms with van der Waals surface area (Å²) in [6, 6.07) is 0. The normalized spacial score (nSPS) is 26.1. The first kappa shape index (κ1) is 33.3. The van der Waals surface area contributed by atoms with Crippen molar-refractivity contribution in [1.82, 2.24) is 5.32 Å². The van der Waals surface area contributed by atoms with Crippen LogP contribution in [0.5, 0.6) is 0 Å². The smallest absolute Gasteiger partial charge is 0.475 e. The van der Waals surface area contributed by atoms with Crippen LogP contribution in [0, 0.1) is 17.8 Å². The number of Topliss-reactive ketones (excluding diaryl/α,β-unsaturated/α-hetero) is 1. The highest BCUT2D eigenvalue weighted by Crippen LogP contribution is 2.49. The minimum Gasteiger partial charge on any atom is -0.475 e. The first-order chi connectivity index (χ1) is 16.9. The second kappa shape index (κ2) is 13.6. The van der Waals surface area contributed by atoms with Crippen molar-refractivity contribution in [2.45, 2.75) is 23.3 Å². The topological polar surface area (TPSA) is 266 Å². The van der Waals surface area contributed by atoms with Gasteiger partial charge in [0.05, 0.1) is 24.0 Å². The summed E-state index contributed by atoms with van der Waals surface area (Å²) in [6.07, 6.45) is -10.2. The Morgan fingerprint density at radius 2 is 1.46 bits per heavy atom. The van der Waals surface area contributed by atoms with E-state index in [1.807, 2.05) is 0 Å². The Morgan fingerprint density at radius 1 is 1.05 bits per heavy atom. The van der Waals surface area contributed by atoms with Crippen LogP contribution < -0.4 is 16.8 Å². The number of alkyl halides is 7. The SMILES string of the molecule is O=C(O)C(F)(F)F.O=C(O)C(F)(F)F.[N-]=[N+]=NC[C@@H]1[C@@H](CN=[N+]=[N-])[C@H](C(=O)CN)[C@@]2(CN=C(N)N2)[C@H]1Cl. The molecule has 1 heterocycles. The summed E-state index contributed by atoms with van der Waals surface area (Å²) in [4.78, 5) is 39.9. The first-order valence-electron chi connectivity index (χ1n) is 9.47. The molecule has 5 atom stereocenters. The molecule has 0 saturated heterocycles. The fraction of sp³-hybridized carbons (Fsp3) is 0.733. The standard InChI is InChI=1S/C11H17ClN10O.2C2HF3O2/c12-9-6(3-19-22-16)5(2-18-21-15)8(7(23)1-13)11(9)4-17-10(14)20-11;2*3-2(4,5)1(6)7/h5-6,8-9H,1-4,13H2,(H3,14,17,20);2*(H,6,7)/t5-,6-,8-,9+,11+;;/m1../s1. The molecule has 15 nitrogen and oxygen atoms in total. The lowest BCUT2D eigenvalue weighted by atomic mass is 9.79. The monoisotopic (exact) mass is 568 g/mol. The number of azide groups is 2. The number of nitrogens with zero attached hydrogens (tertiary/aromatic N) is 7. The quantitative estimate of drug-likeness (QED) is 0.103. The molecule has 7 N–H and O–H groups in total. The molecule has 1 aliphatic carbocycles. The van der Waals surface area contributed by atoms with Gasteiger partial charge in [0, 0.05) is 28.8 Å². The van der Waals surface area contributed by atoms with E-state index in [4.69, 9.17) is 53.9 Å². The van der Waals surface area contributed by atoms with Gasteiger partial charge in [-0.25, -0.2) is 9.59 Å². The molecule has 0 radical (unpaired) electrons. The number of nitrogens with one attached hydrogen (secondary N) is 1. The van der Waals surface area contributed by atoms with Crippen LogP contribution in [0.25, 0.3) is 20.9 Å². The molecule has 0 aromatic carbocycles. The molecule has 0 aromatic heterocycles. The van der Waals surface area contributed by atoms with Crippen molar-refractivity contribution in [3.63, 3.8) is 0 Å². The molecule has 0 amide bonds. The third-order valence-electron chi connectivity index (χ3n) is 5.02. The lowest BCUT2D eigenvalue weighted by Crippen LogP contribution is -2.59. The molecule has 37 heavy (non-hydrogen) atoms. The molecule has 1 aliphatic heterocycles. The summed E-state index contributed by atoms with van der Waals surface area (Å²) in [5.41, 5.74) is 27.6. The first-order valence-corrected chi connectivity index (χ1v) is 9.91. The van der Waals surface area contributed by atoms with Crippen LogP contribution in [0.4, 0.5) is 26.3 Å². The number of halogens is 7. The van der Waals surface area contributed by atoms with Gasteiger partial charge in [0.1, 0.15) is 0 Å². The highest BCUT2D eigenvalue weighted by atomic mass is 35.5. The molecular formula is C15H19ClF6N10O5. The van der Waals surface area contributed by atoms with Crippen LogP contribution in [0.3, 0.4) is 0 Å². The van der Waals surface area contributed by atoms with Gasteiger partial charge in [-0.3, -0.25) is 9.79 Å². The van der Waals surface area contributed by atoms with Crippen LogP contribution >= 0.6 is 11.6 Å². The Hall–Kier alpha value is -3.67. The van der Waals surface area contributed by atoms with E-state index in [2.05, 4.69) is 30.4 Å². The zero-order valence-electron chi connectivity index (χ0n) is 18.2. The van der Waals surface area contributed by atoms with Crippen molar-refractivity contribution >= 4 is 35.3 Å². The number of guanidine groups is 1. The van der Waals surface area contributed by atoms with Crippen LogP contribution in [-0.4, -0.2) is 83.3 Å². The van der Waals surface area contributed by atoms with Gasteiger partial charge < -0.3 is 27.0 Å². The number of rotatable bonds is 6. The summed E-state index contributed by atoms with van der Waals surface area (Å²) in [5, 5.41) is 23.8. The highest BCUT2D eigenvalue weighted by Gasteiger charge is 2.62. The van der Waals surface area contributed by atoms with E-state index in [0.29, 0.717) is 0 Å². The van der Waals surface area contributed by atoms with Gasteiger partial charge in [0.2, 0.25) is 0 Å². The van der Waals surface area contributed by atoms with Crippen LogP contribution in [0.1, 0.15) is 0 Å². The molecular weight excluding hydrogens is 550 g/mol. The number of nitrogens with two attached hydrogens (primary N) is 2. The van der Waals surface area contributed by atoms with Gasteiger partial charge in [-0.1, -0.05) is 10.2 Å². The molecule has 1 spiro atoms. The number of aliphatic carboxylic acids is 2. The number of ketones is 1. The number of carboxylic acid groups (broad SMARTS) is 2. The Morgan fingerprint density at radius 3 is 1.76 bits per heavy atom. The molecule has 2 rings (SSSR count). The van der Waals surface area contributed by atoms with Crippen molar-refractivity contribution in [3.05, 3.63) is 20.9 Å². The van der Waals surface area contributed by atoms with Gasteiger partial charge in [0.15, 0.2) is 11.7 Å². The average Bonchev–Trinajstić information content (AvgIpc) is 3.27. The van der Waals surface area contributed by atoms with Crippen molar-refractivity contribution in [3.8, 4) is 0 Å². The van der Waals surface area contributed by atoms with E-state index < -0.39 is 47.0 Å². The molecule has 208 valence electrons. The number of carbonyl (C=O) groups excluding carboxylic acids is 1.